The van der Waals surface area contributed by atoms with Crippen molar-refractivity contribution < 1.29 is 4.74 Å². The highest BCUT2D eigenvalue weighted by atomic mass is 16.5. The second kappa shape index (κ2) is 6.76. The lowest BCUT2D eigenvalue weighted by Gasteiger charge is -2.07. The van der Waals surface area contributed by atoms with Gasteiger partial charge in [0.2, 0.25) is 11.5 Å². The van der Waals surface area contributed by atoms with Crippen molar-refractivity contribution in [2.75, 3.05) is 13.2 Å². The number of aromatic nitrogens is 5. The average Bonchev–Trinajstić information content (AvgIpc) is 3.01. The van der Waals surface area contributed by atoms with Crippen molar-refractivity contribution >= 4 is 5.65 Å². The second-order valence-electron chi connectivity index (χ2n) is 4.56. The Hall–Kier alpha value is -2.54. The first kappa shape index (κ1) is 13.4. The fourth-order valence-corrected chi connectivity index (χ4v) is 1.95. The summed E-state index contributed by atoms with van der Waals surface area (Å²) in [5, 5.41) is 14.6. The van der Waals surface area contributed by atoms with Crippen LogP contribution in [0.2, 0.25) is 0 Å². The lowest BCUT2D eigenvalue weighted by molar-refractivity contribution is 0.287. The minimum absolute atomic E-state index is 0.556. The Morgan fingerprint density at radius 3 is 2.95 bits per heavy atom. The van der Waals surface area contributed by atoms with E-state index >= 15 is 0 Å². The monoisotopic (exact) mass is 284 g/mol. The van der Waals surface area contributed by atoms with Crippen molar-refractivity contribution in [1.29, 1.82) is 0 Å². The predicted octanol–water partition coefficient (Wildman–Crippen LogP) is 1.08. The van der Waals surface area contributed by atoms with E-state index in [1.165, 1.54) is 10.1 Å². The molecule has 0 aliphatic rings. The zero-order valence-electron chi connectivity index (χ0n) is 11.5. The van der Waals surface area contributed by atoms with E-state index in [0.29, 0.717) is 18.1 Å². The van der Waals surface area contributed by atoms with Gasteiger partial charge in [-0.1, -0.05) is 30.3 Å². The molecule has 0 unspecified atom stereocenters. The fourth-order valence-electron chi connectivity index (χ4n) is 1.95. The van der Waals surface area contributed by atoms with E-state index < -0.39 is 0 Å². The van der Waals surface area contributed by atoms with Gasteiger partial charge in [-0.2, -0.15) is 4.52 Å². The van der Waals surface area contributed by atoms with E-state index in [4.69, 9.17) is 4.74 Å². The summed E-state index contributed by atoms with van der Waals surface area (Å²) in [6.07, 6.45) is 4.10. The third-order valence-corrected chi connectivity index (χ3v) is 3.00. The smallest absolute Gasteiger partial charge is 0.237 e. The quantitative estimate of drug-likeness (QED) is 0.654. The van der Waals surface area contributed by atoms with Crippen molar-refractivity contribution in [3.8, 4) is 5.88 Å². The van der Waals surface area contributed by atoms with Gasteiger partial charge in [-0.25, -0.2) is 0 Å². The van der Waals surface area contributed by atoms with Crippen LogP contribution in [0.3, 0.4) is 0 Å². The Balaban J connectivity index is 1.40. The molecule has 0 fully saturated rings. The summed E-state index contributed by atoms with van der Waals surface area (Å²) in [5.41, 5.74) is 1.86. The van der Waals surface area contributed by atoms with Gasteiger partial charge in [-0.05, 0) is 29.0 Å². The molecule has 0 atom stereocenters. The molecule has 0 radical (unpaired) electrons. The summed E-state index contributed by atoms with van der Waals surface area (Å²) in [6, 6.07) is 10.3. The summed E-state index contributed by atoms with van der Waals surface area (Å²) in [7, 11) is 0. The van der Waals surface area contributed by atoms with Crippen molar-refractivity contribution in [2.45, 2.75) is 13.0 Å². The summed E-state index contributed by atoms with van der Waals surface area (Å²) in [5.74, 6) is 0.556. The number of fused-ring (bicyclic) bond motifs is 1. The first-order valence-electron chi connectivity index (χ1n) is 6.83. The molecule has 0 bridgehead atoms. The zero-order valence-corrected chi connectivity index (χ0v) is 11.5. The van der Waals surface area contributed by atoms with Crippen molar-refractivity contribution in [1.82, 2.24) is 30.3 Å². The predicted molar refractivity (Wildman–Crippen MR) is 76.8 cm³/mol. The molecule has 0 saturated heterocycles. The van der Waals surface area contributed by atoms with E-state index in [9.17, 15) is 0 Å². The third-order valence-electron chi connectivity index (χ3n) is 3.00. The molecule has 0 spiro atoms. The van der Waals surface area contributed by atoms with Crippen LogP contribution in [0.1, 0.15) is 12.0 Å². The van der Waals surface area contributed by atoms with Gasteiger partial charge >= 0.3 is 0 Å². The molecule has 3 rings (SSSR count). The molecule has 1 N–H and O–H groups in total. The zero-order chi connectivity index (χ0) is 14.3. The van der Waals surface area contributed by atoms with Gasteiger partial charge in [0.05, 0.1) is 19.0 Å². The highest BCUT2D eigenvalue weighted by Gasteiger charge is 2.04. The SMILES string of the molecule is c1ccc(CNCCCOc2cncc3nnnn23)cc1. The number of tetrazole rings is 1. The van der Waals surface area contributed by atoms with E-state index in [0.717, 1.165) is 19.5 Å². The molecule has 7 nitrogen and oxygen atoms in total. The number of ether oxygens (including phenoxy) is 1. The van der Waals surface area contributed by atoms with Gasteiger partial charge in [-0.15, -0.1) is 5.10 Å². The Kier molecular flexibility index (Phi) is 4.33. The average molecular weight is 284 g/mol. The molecule has 0 amide bonds. The summed E-state index contributed by atoms with van der Waals surface area (Å²) >= 11 is 0. The maximum absolute atomic E-state index is 5.65. The number of rotatable bonds is 7. The number of nitrogens with zero attached hydrogens (tertiary/aromatic N) is 5. The molecule has 7 heteroatoms. The molecule has 2 aromatic heterocycles. The van der Waals surface area contributed by atoms with Gasteiger partial charge in [-0.3, -0.25) is 4.98 Å². The van der Waals surface area contributed by atoms with Gasteiger partial charge < -0.3 is 10.1 Å². The molecular weight excluding hydrogens is 268 g/mol. The molecule has 0 aliphatic heterocycles. The molecule has 0 aliphatic carbocycles. The van der Waals surface area contributed by atoms with Gasteiger partial charge in [0, 0.05) is 6.54 Å². The Morgan fingerprint density at radius 1 is 1.14 bits per heavy atom. The highest BCUT2D eigenvalue weighted by Crippen LogP contribution is 2.08. The van der Waals surface area contributed by atoms with E-state index in [1.54, 1.807) is 12.4 Å². The topological polar surface area (TPSA) is 77.2 Å². The summed E-state index contributed by atoms with van der Waals surface area (Å²) in [4.78, 5) is 4.04. The van der Waals surface area contributed by atoms with Gasteiger partial charge in [0.25, 0.3) is 0 Å². The molecule has 21 heavy (non-hydrogen) atoms. The van der Waals surface area contributed by atoms with Crippen LogP contribution in [0.15, 0.2) is 42.7 Å². The Bertz CT molecular complexity index is 684. The van der Waals surface area contributed by atoms with Crippen LogP contribution >= 0.6 is 0 Å². The number of hydrogen-bond acceptors (Lipinski definition) is 6. The fraction of sp³-hybridized carbons (Fsp3) is 0.286. The maximum atomic E-state index is 5.65. The van der Waals surface area contributed by atoms with Crippen LogP contribution in [0.25, 0.3) is 5.65 Å². The van der Waals surface area contributed by atoms with E-state index in [2.05, 4.69) is 38.0 Å². The van der Waals surface area contributed by atoms with Crippen molar-refractivity contribution in [3.63, 3.8) is 0 Å². The third kappa shape index (κ3) is 3.51. The van der Waals surface area contributed by atoms with Crippen LogP contribution in [0.4, 0.5) is 0 Å². The minimum atomic E-state index is 0.556. The van der Waals surface area contributed by atoms with E-state index in [-0.39, 0.29) is 0 Å². The lowest BCUT2D eigenvalue weighted by atomic mass is 10.2. The normalized spacial score (nSPS) is 10.9. The van der Waals surface area contributed by atoms with Crippen LogP contribution in [0.5, 0.6) is 5.88 Å². The van der Waals surface area contributed by atoms with Crippen molar-refractivity contribution in [3.05, 3.63) is 48.3 Å². The van der Waals surface area contributed by atoms with Crippen LogP contribution in [-0.2, 0) is 6.54 Å². The number of benzene rings is 1. The molecule has 3 aromatic rings. The summed E-state index contributed by atoms with van der Waals surface area (Å²) < 4.78 is 7.18. The van der Waals surface area contributed by atoms with E-state index in [1.807, 2.05) is 18.2 Å². The molecule has 0 saturated carbocycles. The van der Waals surface area contributed by atoms with Crippen molar-refractivity contribution in [2.24, 2.45) is 0 Å². The van der Waals surface area contributed by atoms with Gasteiger partial charge in [0.15, 0.2) is 0 Å². The first-order chi connectivity index (χ1) is 10.4. The molecule has 108 valence electrons. The maximum Gasteiger partial charge on any atom is 0.237 e. The Morgan fingerprint density at radius 2 is 2.05 bits per heavy atom. The highest BCUT2D eigenvalue weighted by molar-refractivity contribution is 5.34. The molecule has 1 aromatic carbocycles. The van der Waals surface area contributed by atoms with Gasteiger partial charge in [0.1, 0.15) is 0 Å². The Labute approximate surface area is 122 Å². The van der Waals surface area contributed by atoms with Crippen LogP contribution < -0.4 is 10.1 Å². The number of hydrogen-bond donors (Lipinski definition) is 1. The minimum Gasteiger partial charge on any atom is -0.476 e. The molecular formula is C14H16N6O. The van der Waals surface area contributed by atoms with Crippen LogP contribution in [-0.4, -0.2) is 38.2 Å². The second-order valence-corrected chi connectivity index (χ2v) is 4.56. The summed E-state index contributed by atoms with van der Waals surface area (Å²) in [6.45, 7) is 2.33. The number of nitrogens with one attached hydrogen (secondary N) is 1. The standard InChI is InChI=1S/C14H16N6O/c1-2-5-12(6-3-1)9-15-7-4-8-21-14-11-16-10-13-17-18-19-20(13)14/h1-3,5-6,10-11,15H,4,7-9H2. The lowest BCUT2D eigenvalue weighted by Crippen LogP contribution is -2.17. The van der Waals surface area contributed by atoms with Crippen LogP contribution in [0, 0.1) is 0 Å². The molecule has 2 heterocycles. The first-order valence-corrected chi connectivity index (χ1v) is 6.83. The largest absolute Gasteiger partial charge is 0.476 e.